The van der Waals surface area contributed by atoms with E-state index in [1.54, 1.807) is 12.5 Å². The van der Waals surface area contributed by atoms with Gasteiger partial charge in [0.15, 0.2) is 0 Å². The number of hydrogen-bond donors (Lipinski definition) is 0. The number of piperidine rings is 1. The van der Waals surface area contributed by atoms with Crippen LogP contribution >= 0.6 is 0 Å². The molecule has 5 heteroatoms. The highest BCUT2D eigenvalue weighted by molar-refractivity contribution is 5.76. The van der Waals surface area contributed by atoms with E-state index in [0.717, 1.165) is 49.4 Å². The van der Waals surface area contributed by atoms with Crippen molar-refractivity contribution in [3.8, 4) is 17.0 Å². The highest BCUT2D eigenvalue weighted by Crippen LogP contribution is 2.34. The molecule has 1 amide bonds. The first-order valence-corrected chi connectivity index (χ1v) is 9.09. The van der Waals surface area contributed by atoms with Gasteiger partial charge in [0.25, 0.3) is 0 Å². The quantitative estimate of drug-likeness (QED) is 0.840. The monoisotopic (exact) mass is 337 g/mol. The predicted octanol–water partition coefficient (Wildman–Crippen LogP) is 3.31. The molecule has 0 N–H and O–H groups in total. The SMILES string of the molecule is O=C(CC1CC1)N1CCC(Oc2ccccc2-c2ccncn2)CC1. The van der Waals surface area contributed by atoms with Crippen LogP contribution < -0.4 is 4.74 Å². The topological polar surface area (TPSA) is 55.3 Å². The molecule has 0 atom stereocenters. The van der Waals surface area contributed by atoms with E-state index in [1.165, 1.54) is 12.8 Å². The summed E-state index contributed by atoms with van der Waals surface area (Å²) in [5.74, 6) is 1.83. The molecule has 0 radical (unpaired) electrons. The second-order valence-corrected chi connectivity index (χ2v) is 6.94. The zero-order chi connectivity index (χ0) is 17.1. The fourth-order valence-electron chi connectivity index (χ4n) is 3.33. The van der Waals surface area contributed by atoms with Crippen LogP contribution in [0.3, 0.4) is 0 Å². The number of hydrogen-bond acceptors (Lipinski definition) is 4. The summed E-state index contributed by atoms with van der Waals surface area (Å²) in [6, 6.07) is 9.87. The molecule has 5 nitrogen and oxygen atoms in total. The Morgan fingerprint density at radius 1 is 1.12 bits per heavy atom. The number of carbonyl (C=O) groups excluding carboxylic acids is 1. The molecule has 0 spiro atoms. The van der Waals surface area contributed by atoms with Crippen LogP contribution in [0.1, 0.15) is 32.1 Å². The Morgan fingerprint density at radius 2 is 1.92 bits per heavy atom. The number of nitrogens with zero attached hydrogens (tertiary/aromatic N) is 3. The summed E-state index contributed by atoms with van der Waals surface area (Å²) in [6.45, 7) is 1.60. The minimum atomic E-state index is 0.146. The van der Waals surface area contributed by atoms with Gasteiger partial charge in [-0.25, -0.2) is 9.97 Å². The van der Waals surface area contributed by atoms with E-state index in [0.29, 0.717) is 11.8 Å². The lowest BCUT2D eigenvalue weighted by molar-refractivity contribution is -0.133. The van der Waals surface area contributed by atoms with Gasteiger partial charge in [0.2, 0.25) is 5.91 Å². The Balaban J connectivity index is 1.38. The maximum atomic E-state index is 12.2. The molecule has 0 unspecified atom stereocenters. The molecular weight excluding hydrogens is 314 g/mol. The van der Waals surface area contributed by atoms with E-state index in [1.807, 2.05) is 35.2 Å². The molecule has 1 aromatic heterocycles. The highest BCUT2D eigenvalue weighted by atomic mass is 16.5. The van der Waals surface area contributed by atoms with Crippen LogP contribution in [0.25, 0.3) is 11.3 Å². The standard InChI is InChI=1S/C20H23N3O2/c24-20(13-15-5-6-15)23-11-8-16(9-12-23)25-19-4-2-1-3-17(19)18-7-10-21-14-22-18/h1-4,7,10,14-16H,5-6,8-9,11-13H2. The smallest absolute Gasteiger partial charge is 0.222 e. The maximum Gasteiger partial charge on any atom is 0.222 e. The van der Waals surface area contributed by atoms with Gasteiger partial charge in [0.05, 0.1) is 5.69 Å². The highest BCUT2D eigenvalue weighted by Gasteiger charge is 2.29. The average Bonchev–Trinajstić information content (AvgIpc) is 3.47. The van der Waals surface area contributed by atoms with Crippen LogP contribution in [-0.4, -0.2) is 40.0 Å². The second kappa shape index (κ2) is 7.21. The lowest BCUT2D eigenvalue weighted by Crippen LogP contribution is -2.41. The van der Waals surface area contributed by atoms with E-state index in [4.69, 9.17) is 4.74 Å². The van der Waals surface area contributed by atoms with Gasteiger partial charge in [-0.1, -0.05) is 12.1 Å². The molecule has 2 aromatic rings. The first kappa shape index (κ1) is 16.1. The van der Waals surface area contributed by atoms with Gasteiger partial charge < -0.3 is 9.64 Å². The number of carbonyl (C=O) groups is 1. The van der Waals surface area contributed by atoms with Crippen LogP contribution in [0.5, 0.6) is 5.75 Å². The average molecular weight is 337 g/mol. The molecule has 1 aliphatic carbocycles. The minimum absolute atomic E-state index is 0.146. The maximum absolute atomic E-state index is 12.2. The number of ether oxygens (including phenoxy) is 1. The summed E-state index contributed by atoms with van der Waals surface area (Å²) in [4.78, 5) is 22.5. The molecule has 4 rings (SSSR count). The molecule has 1 saturated heterocycles. The molecule has 25 heavy (non-hydrogen) atoms. The number of para-hydroxylation sites is 1. The fourth-order valence-corrected chi connectivity index (χ4v) is 3.33. The normalized spacial score (nSPS) is 18.2. The molecule has 1 aliphatic heterocycles. The van der Waals surface area contributed by atoms with Crippen LogP contribution in [-0.2, 0) is 4.79 Å². The molecular formula is C20H23N3O2. The zero-order valence-corrected chi connectivity index (χ0v) is 14.3. The van der Waals surface area contributed by atoms with Crippen molar-refractivity contribution in [2.45, 2.75) is 38.2 Å². The summed E-state index contributed by atoms with van der Waals surface area (Å²) in [5, 5.41) is 0. The van der Waals surface area contributed by atoms with Crippen LogP contribution in [0, 0.1) is 5.92 Å². The summed E-state index contributed by atoms with van der Waals surface area (Å²) < 4.78 is 6.26. The third kappa shape index (κ3) is 3.98. The van der Waals surface area contributed by atoms with Crippen LogP contribution in [0.4, 0.5) is 0 Å². The second-order valence-electron chi connectivity index (χ2n) is 6.94. The van der Waals surface area contributed by atoms with Gasteiger partial charge in [0.1, 0.15) is 18.2 Å². The van der Waals surface area contributed by atoms with Crippen molar-refractivity contribution in [1.82, 2.24) is 14.9 Å². The van der Waals surface area contributed by atoms with Crippen molar-refractivity contribution in [1.29, 1.82) is 0 Å². The number of aromatic nitrogens is 2. The van der Waals surface area contributed by atoms with E-state index in [9.17, 15) is 4.79 Å². The Labute approximate surface area is 148 Å². The molecule has 130 valence electrons. The summed E-state index contributed by atoms with van der Waals surface area (Å²) in [7, 11) is 0. The Morgan fingerprint density at radius 3 is 2.64 bits per heavy atom. The Bertz CT molecular complexity index is 723. The van der Waals surface area contributed by atoms with Crippen molar-refractivity contribution in [3.63, 3.8) is 0 Å². The van der Waals surface area contributed by atoms with E-state index in [-0.39, 0.29) is 6.10 Å². The predicted molar refractivity (Wildman–Crippen MR) is 95.0 cm³/mol. The van der Waals surface area contributed by atoms with Crippen molar-refractivity contribution in [2.24, 2.45) is 5.92 Å². The zero-order valence-electron chi connectivity index (χ0n) is 14.3. The lowest BCUT2D eigenvalue weighted by Gasteiger charge is -2.32. The Kier molecular flexibility index (Phi) is 4.63. The molecule has 1 saturated carbocycles. The first-order valence-electron chi connectivity index (χ1n) is 9.09. The molecule has 0 bridgehead atoms. The van der Waals surface area contributed by atoms with Crippen LogP contribution in [0.15, 0.2) is 42.9 Å². The van der Waals surface area contributed by atoms with Crippen LogP contribution in [0.2, 0.25) is 0 Å². The van der Waals surface area contributed by atoms with E-state index < -0.39 is 0 Å². The number of benzene rings is 1. The van der Waals surface area contributed by atoms with Gasteiger partial charge in [-0.3, -0.25) is 4.79 Å². The molecule has 2 aliphatic rings. The molecule has 1 aromatic carbocycles. The van der Waals surface area contributed by atoms with Gasteiger partial charge in [-0.2, -0.15) is 0 Å². The molecule has 2 heterocycles. The number of rotatable bonds is 5. The van der Waals surface area contributed by atoms with E-state index in [2.05, 4.69) is 9.97 Å². The molecule has 2 fully saturated rings. The van der Waals surface area contributed by atoms with Crippen molar-refractivity contribution in [3.05, 3.63) is 42.9 Å². The van der Waals surface area contributed by atoms with Crippen molar-refractivity contribution >= 4 is 5.91 Å². The fraction of sp³-hybridized carbons (Fsp3) is 0.450. The van der Waals surface area contributed by atoms with Gasteiger partial charge in [-0.05, 0) is 37.0 Å². The summed E-state index contributed by atoms with van der Waals surface area (Å²) in [6.07, 6.45) is 8.40. The minimum Gasteiger partial charge on any atom is -0.490 e. The third-order valence-electron chi connectivity index (χ3n) is 4.99. The van der Waals surface area contributed by atoms with Gasteiger partial charge in [-0.15, -0.1) is 0 Å². The number of likely N-dealkylation sites (tertiary alicyclic amines) is 1. The van der Waals surface area contributed by atoms with Gasteiger partial charge >= 0.3 is 0 Å². The van der Waals surface area contributed by atoms with Crippen molar-refractivity contribution in [2.75, 3.05) is 13.1 Å². The lowest BCUT2D eigenvalue weighted by atomic mass is 10.1. The van der Waals surface area contributed by atoms with Crippen molar-refractivity contribution < 1.29 is 9.53 Å². The van der Waals surface area contributed by atoms with Gasteiger partial charge in [0, 0.05) is 44.1 Å². The Hall–Kier alpha value is -2.43. The third-order valence-corrected chi connectivity index (χ3v) is 4.99. The summed E-state index contributed by atoms with van der Waals surface area (Å²) in [5.41, 5.74) is 1.85. The first-order chi connectivity index (χ1) is 12.3. The summed E-state index contributed by atoms with van der Waals surface area (Å²) >= 11 is 0. The number of amides is 1. The van der Waals surface area contributed by atoms with E-state index >= 15 is 0 Å². The largest absolute Gasteiger partial charge is 0.490 e.